The Kier molecular flexibility index (Phi) is 7.77. The van der Waals surface area contributed by atoms with E-state index in [1.807, 2.05) is 11.3 Å². The molecule has 11 rings (SSSR count). The van der Waals surface area contributed by atoms with E-state index in [1.54, 1.807) is 0 Å². The Hall–Kier alpha value is -6.74. The average Bonchev–Trinajstić information content (AvgIpc) is 3.76. The monoisotopic (exact) mass is 745 g/mol. The first-order chi connectivity index (χ1) is 28.1. The van der Waals surface area contributed by atoms with Crippen LogP contribution in [0.15, 0.2) is 200 Å². The summed E-state index contributed by atoms with van der Waals surface area (Å²) in [7, 11) is 0. The summed E-state index contributed by atoms with van der Waals surface area (Å²) in [5, 5.41) is 5.14. The van der Waals surface area contributed by atoms with Crippen LogP contribution in [-0.2, 0) is 5.41 Å². The van der Waals surface area contributed by atoms with Crippen LogP contribution in [0.3, 0.4) is 0 Å². The molecule has 1 heterocycles. The van der Waals surface area contributed by atoms with Crippen molar-refractivity contribution < 1.29 is 0 Å². The van der Waals surface area contributed by atoms with Crippen molar-refractivity contribution in [3.05, 3.63) is 211 Å². The van der Waals surface area contributed by atoms with Gasteiger partial charge in [-0.2, -0.15) is 0 Å². The standard InChI is InChI=1S/C55H39NS/c1-55(2)47-35-39-23-10-9-22-38(39)34-46(47)44-28-15-27-43(53(44)55)42-26-16-31-49(52(42)37-20-7-4-8-21-37)56(48-30-13-11-24-40(48)36-18-5-3-6-19-36)50-32-17-29-45-41-25-12-14-33-51(41)57-54(45)50/h3-35H,1-2H3. The second kappa shape index (κ2) is 13.2. The van der Waals surface area contributed by atoms with Crippen molar-refractivity contribution in [3.63, 3.8) is 0 Å². The van der Waals surface area contributed by atoms with Crippen LogP contribution in [-0.4, -0.2) is 0 Å². The summed E-state index contributed by atoms with van der Waals surface area (Å²) in [5.74, 6) is 0. The van der Waals surface area contributed by atoms with Gasteiger partial charge in [-0.3, -0.25) is 0 Å². The number of para-hydroxylation sites is 1. The molecule has 0 atom stereocenters. The van der Waals surface area contributed by atoms with Gasteiger partial charge < -0.3 is 4.90 Å². The lowest BCUT2D eigenvalue weighted by Gasteiger charge is -2.32. The second-order valence-corrected chi connectivity index (χ2v) is 16.7. The van der Waals surface area contributed by atoms with Crippen molar-refractivity contribution in [3.8, 4) is 44.5 Å². The first-order valence-electron chi connectivity index (χ1n) is 19.8. The molecule has 0 unspecified atom stereocenters. The van der Waals surface area contributed by atoms with E-state index in [2.05, 4.69) is 219 Å². The van der Waals surface area contributed by atoms with Gasteiger partial charge in [0.1, 0.15) is 0 Å². The van der Waals surface area contributed by atoms with E-state index in [0.717, 1.165) is 11.4 Å². The summed E-state index contributed by atoms with van der Waals surface area (Å²) in [6.07, 6.45) is 0. The van der Waals surface area contributed by atoms with Gasteiger partial charge in [-0.1, -0.05) is 178 Å². The van der Waals surface area contributed by atoms with Gasteiger partial charge >= 0.3 is 0 Å². The highest BCUT2D eigenvalue weighted by atomic mass is 32.1. The van der Waals surface area contributed by atoms with Crippen molar-refractivity contribution >= 4 is 59.3 Å². The molecule has 270 valence electrons. The first-order valence-corrected chi connectivity index (χ1v) is 20.6. The zero-order valence-corrected chi connectivity index (χ0v) is 32.7. The summed E-state index contributed by atoms with van der Waals surface area (Å²) in [6, 6.07) is 73.9. The largest absolute Gasteiger partial charge is 0.308 e. The van der Waals surface area contributed by atoms with Gasteiger partial charge in [-0.05, 0) is 91.7 Å². The smallest absolute Gasteiger partial charge is 0.0640 e. The van der Waals surface area contributed by atoms with Crippen LogP contribution in [0.4, 0.5) is 17.1 Å². The molecular formula is C55H39NS. The molecule has 0 fully saturated rings. The van der Waals surface area contributed by atoms with Crippen LogP contribution < -0.4 is 4.90 Å². The van der Waals surface area contributed by atoms with Crippen molar-refractivity contribution in [1.82, 2.24) is 0 Å². The van der Waals surface area contributed by atoms with Crippen molar-refractivity contribution in [2.24, 2.45) is 0 Å². The van der Waals surface area contributed by atoms with Crippen molar-refractivity contribution in [1.29, 1.82) is 0 Å². The molecule has 1 aliphatic carbocycles. The van der Waals surface area contributed by atoms with Gasteiger partial charge in [0.05, 0.1) is 21.8 Å². The number of thiophene rings is 1. The van der Waals surface area contributed by atoms with Gasteiger partial charge in [-0.25, -0.2) is 0 Å². The number of fused-ring (bicyclic) bond motifs is 7. The average molecular weight is 746 g/mol. The molecule has 0 saturated carbocycles. The third-order valence-corrected chi connectivity index (χ3v) is 13.2. The van der Waals surface area contributed by atoms with Crippen molar-refractivity contribution in [2.75, 3.05) is 4.90 Å². The molecule has 2 heteroatoms. The molecule has 0 spiro atoms. The van der Waals surface area contributed by atoms with Crippen molar-refractivity contribution in [2.45, 2.75) is 19.3 Å². The van der Waals surface area contributed by atoms with E-state index < -0.39 is 0 Å². The number of rotatable bonds is 6. The van der Waals surface area contributed by atoms with Gasteiger partial charge in [-0.15, -0.1) is 11.3 Å². The van der Waals surface area contributed by atoms with E-state index in [4.69, 9.17) is 0 Å². The molecule has 1 aliphatic rings. The van der Waals surface area contributed by atoms with Crippen LogP contribution in [0.5, 0.6) is 0 Å². The molecule has 0 N–H and O–H groups in total. The number of anilines is 3. The molecule has 1 aromatic heterocycles. The van der Waals surface area contributed by atoms with Gasteiger partial charge in [0, 0.05) is 32.0 Å². The fraction of sp³-hybridized carbons (Fsp3) is 0.0545. The molecule has 10 aromatic rings. The molecule has 0 saturated heterocycles. The zero-order chi connectivity index (χ0) is 38.1. The Morgan fingerprint density at radius 1 is 0.404 bits per heavy atom. The molecule has 1 nitrogen and oxygen atoms in total. The number of hydrogen-bond donors (Lipinski definition) is 0. The lowest BCUT2D eigenvalue weighted by atomic mass is 9.77. The summed E-state index contributed by atoms with van der Waals surface area (Å²) in [5.41, 5.74) is 15.9. The minimum absolute atomic E-state index is 0.211. The van der Waals surface area contributed by atoms with E-state index >= 15 is 0 Å². The molecule has 57 heavy (non-hydrogen) atoms. The third kappa shape index (κ3) is 5.29. The third-order valence-electron chi connectivity index (χ3n) is 12.0. The van der Waals surface area contributed by atoms with E-state index in [9.17, 15) is 0 Å². The van der Waals surface area contributed by atoms with Crippen LogP contribution in [0.1, 0.15) is 25.0 Å². The number of hydrogen-bond acceptors (Lipinski definition) is 2. The highest BCUT2D eigenvalue weighted by Gasteiger charge is 2.38. The second-order valence-electron chi connectivity index (χ2n) is 15.6. The van der Waals surface area contributed by atoms with Crippen LogP contribution >= 0.6 is 11.3 Å². The molecule has 9 aromatic carbocycles. The minimum atomic E-state index is -0.211. The molecule has 0 aliphatic heterocycles. The zero-order valence-electron chi connectivity index (χ0n) is 31.9. The summed E-state index contributed by atoms with van der Waals surface area (Å²) in [6.45, 7) is 4.82. The highest BCUT2D eigenvalue weighted by Crippen LogP contribution is 2.56. The fourth-order valence-electron chi connectivity index (χ4n) is 9.48. The lowest BCUT2D eigenvalue weighted by Crippen LogP contribution is -2.17. The topological polar surface area (TPSA) is 3.24 Å². The van der Waals surface area contributed by atoms with E-state index in [-0.39, 0.29) is 5.41 Å². The lowest BCUT2D eigenvalue weighted by molar-refractivity contribution is 0.663. The van der Waals surface area contributed by atoms with Gasteiger partial charge in [0.2, 0.25) is 0 Å². The molecule has 0 bridgehead atoms. The summed E-state index contributed by atoms with van der Waals surface area (Å²) in [4.78, 5) is 2.54. The predicted octanol–water partition coefficient (Wildman–Crippen LogP) is 16.0. The fourth-order valence-corrected chi connectivity index (χ4v) is 10.7. The Balaban J connectivity index is 1.23. The SMILES string of the molecule is CC1(C)c2cc3ccccc3cc2-c2cccc(-c3cccc(N(c4ccccc4-c4ccccc4)c4cccc5c4sc4ccccc45)c3-c3ccccc3)c21. The van der Waals surface area contributed by atoms with E-state index in [0.29, 0.717) is 0 Å². The van der Waals surface area contributed by atoms with Gasteiger partial charge in [0.25, 0.3) is 0 Å². The Morgan fingerprint density at radius 2 is 0.947 bits per heavy atom. The maximum absolute atomic E-state index is 2.54. The number of nitrogens with zero attached hydrogens (tertiary/aromatic N) is 1. The quantitative estimate of drug-likeness (QED) is 0.164. The number of benzene rings is 9. The summed E-state index contributed by atoms with van der Waals surface area (Å²) < 4.78 is 2.57. The minimum Gasteiger partial charge on any atom is -0.308 e. The maximum atomic E-state index is 2.54. The normalized spacial score (nSPS) is 12.9. The molecule has 0 amide bonds. The Labute approximate surface area is 337 Å². The maximum Gasteiger partial charge on any atom is 0.0640 e. The molecular weight excluding hydrogens is 707 g/mol. The Morgan fingerprint density at radius 3 is 1.75 bits per heavy atom. The van der Waals surface area contributed by atoms with Crippen LogP contribution in [0.2, 0.25) is 0 Å². The van der Waals surface area contributed by atoms with Gasteiger partial charge in [0.15, 0.2) is 0 Å². The predicted molar refractivity (Wildman–Crippen MR) is 245 cm³/mol. The highest BCUT2D eigenvalue weighted by molar-refractivity contribution is 7.26. The summed E-state index contributed by atoms with van der Waals surface area (Å²) >= 11 is 1.88. The molecule has 0 radical (unpaired) electrons. The first kappa shape index (κ1) is 33.6. The Bertz CT molecular complexity index is 3150. The van der Waals surface area contributed by atoms with Crippen LogP contribution in [0, 0.1) is 0 Å². The van der Waals surface area contributed by atoms with Crippen LogP contribution in [0.25, 0.3) is 75.5 Å². The van der Waals surface area contributed by atoms with E-state index in [1.165, 1.54) is 92.3 Å².